The number of piperidine rings is 1. The van der Waals surface area contributed by atoms with Gasteiger partial charge in [0.25, 0.3) is 0 Å². The third kappa shape index (κ3) is 5.38. The molecule has 0 unspecified atom stereocenters. The fourth-order valence-corrected chi connectivity index (χ4v) is 5.93. The maximum Gasteiger partial charge on any atom is 0.227 e. The molecule has 1 saturated heterocycles. The molecule has 37 heavy (non-hydrogen) atoms. The summed E-state index contributed by atoms with van der Waals surface area (Å²) < 4.78 is 0. The maximum absolute atomic E-state index is 6.36. The van der Waals surface area contributed by atoms with Crippen LogP contribution in [0.1, 0.15) is 47.4 Å². The Hall–Kier alpha value is -2.92. The average molecular weight is 530 g/mol. The summed E-state index contributed by atoms with van der Waals surface area (Å²) in [6.45, 7) is 3.58. The molecule has 1 atom stereocenters. The Morgan fingerprint density at radius 1 is 0.892 bits per heavy atom. The molecule has 2 aliphatic rings. The number of fused-ring (bicyclic) bond motifs is 3. The third-order valence-corrected chi connectivity index (χ3v) is 8.31. The molecule has 1 N–H and O–H groups in total. The number of benzene rings is 3. The van der Waals surface area contributed by atoms with Crippen molar-refractivity contribution in [2.75, 3.05) is 25.0 Å². The lowest BCUT2D eigenvalue weighted by molar-refractivity contribution is 0.231. The van der Waals surface area contributed by atoms with Crippen molar-refractivity contribution in [2.45, 2.75) is 38.0 Å². The highest BCUT2D eigenvalue weighted by Crippen LogP contribution is 2.43. The van der Waals surface area contributed by atoms with E-state index in [1.807, 2.05) is 18.3 Å². The molecule has 0 saturated carbocycles. The zero-order valence-electron chi connectivity index (χ0n) is 20.8. The number of nitrogens with zero attached hydrogens (tertiary/aromatic N) is 3. The summed E-state index contributed by atoms with van der Waals surface area (Å²) in [5, 5.41) is 4.61. The van der Waals surface area contributed by atoms with Crippen molar-refractivity contribution in [3.05, 3.63) is 105 Å². The fourth-order valence-electron chi connectivity index (χ4n) is 5.63. The molecule has 1 fully saturated rings. The van der Waals surface area contributed by atoms with Crippen LogP contribution in [-0.2, 0) is 12.8 Å². The number of hydrogen-bond acceptors (Lipinski definition) is 4. The number of hydrogen-bond donors (Lipinski definition) is 1. The number of rotatable bonds is 6. The van der Waals surface area contributed by atoms with Crippen LogP contribution in [0, 0.1) is 0 Å². The topological polar surface area (TPSA) is 41.1 Å². The molecule has 0 bridgehead atoms. The van der Waals surface area contributed by atoms with Crippen molar-refractivity contribution < 1.29 is 0 Å². The lowest BCUT2D eigenvalue weighted by atomic mass is 9.78. The summed E-state index contributed by atoms with van der Waals surface area (Å²) >= 11 is 12.5. The van der Waals surface area contributed by atoms with Gasteiger partial charge in [0.2, 0.25) is 5.95 Å². The second kappa shape index (κ2) is 10.8. The van der Waals surface area contributed by atoms with Crippen molar-refractivity contribution in [1.82, 2.24) is 14.9 Å². The van der Waals surface area contributed by atoms with Crippen molar-refractivity contribution in [2.24, 2.45) is 0 Å². The van der Waals surface area contributed by atoms with Crippen LogP contribution < -0.4 is 5.32 Å². The first-order chi connectivity index (χ1) is 18.1. The number of anilines is 2. The van der Waals surface area contributed by atoms with Crippen LogP contribution in [0.2, 0.25) is 10.0 Å². The predicted molar refractivity (Wildman–Crippen MR) is 153 cm³/mol. The van der Waals surface area contributed by atoms with Gasteiger partial charge in [-0.05, 0) is 85.3 Å². The van der Waals surface area contributed by atoms with Gasteiger partial charge in [-0.2, -0.15) is 0 Å². The molecule has 188 valence electrons. The van der Waals surface area contributed by atoms with Crippen LogP contribution in [0.15, 0.2) is 72.9 Å². The van der Waals surface area contributed by atoms with Gasteiger partial charge in [0.05, 0.1) is 15.7 Å². The van der Waals surface area contributed by atoms with E-state index in [-0.39, 0.29) is 5.92 Å². The molecular formula is C31H30Cl2N4. The SMILES string of the molecule is Clc1ccc([C@@H]2Cc3cnc(Nc4cccc(CCN5CCCCC5)c4)nc3-c3ccccc32)cc1Cl. The van der Waals surface area contributed by atoms with Gasteiger partial charge in [-0.25, -0.2) is 9.97 Å². The Kier molecular flexibility index (Phi) is 7.14. The van der Waals surface area contributed by atoms with E-state index in [9.17, 15) is 0 Å². The monoisotopic (exact) mass is 528 g/mol. The Bertz CT molecular complexity index is 1410. The van der Waals surface area contributed by atoms with Crippen LogP contribution >= 0.6 is 23.2 Å². The molecule has 4 aromatic rings. The highest BCUT2D eigenvalue weighted by Gasteiger charge is 2.27. The summed E-state index contributed by atoms with van der Waals surface area (Å²) in [5.74, 6) is 0.798. The van der Waals surface area contributed by atoms with E-state index in [4.69, 9.17) is 33.2 Å². The Morgan fingerprint density at radius 3 is 2.62 bits per heavy atom. The van der Waals surface area contributed by atoms with Gasteiger partial charge >= 0.3 is 0 Å². The normalized spacial score (nSPS) is 17.2. The van der Waals surface area contributed by atoms with E-state index in [1.54, 1.807) is 0 Å². The molecule has 6 heteroatoms. The average Bonchev–Trinajstić information content (AvgIpc) is 2.94. The lowest BCUT2D eigenvalue weighted by Gasteiger charge is -2.28. The van der Waals surface area contributed by atoms with E-state index < -0.39 is 0 Å². The van der Waals surface area contributed by atoms with E-state index in [2.05, 4.69) is 64.8 Å². The van der Waals surface area contributed by atoms with Gasteiger partial charge in [0, 0.05) is 29.9 Å². The Morgan fingerprint density at radius 2 is 1.76 bits per heavy atom. The van der Waals surface area contributed by atoms with Gasteiger partial charge in [-0.15, -0.1) is 0 Å². The quantitative estimate of drug-likeness (QED) is 0.276. The number of halogens is 2. The number of likely N-dealkylation sites (tertiary alicyclic amines) is 1. The summed E-state index contributed by atoms with van der Waals surface area (Å²) in [4.78, 5) is 12.3. The van der Waals surface area contributed by atoms with Crippen LogP contribution in [0.4, 0.5) is 11.6 Å². The standard InChI is InChI=1S/C31H30Cl2N4/c32-28-12-11-22(19-29(28)33)27-18-23-20-34-31(36-30(23)26-10-3-2-9-25(26)27)35-24-8-6-7-21(17-24)13-16-37-14-4-1-5-15-37/h2-3,6-12,17,19-20,27H,1,4-5,13-16,18H2,(H,34,35,36)/t27-/m0/s1. The summed E-state index contributed by atoms with van der Waals surface area (Å²) in [6, 6.07) is 23.0. The molecule has 1 aliphatic heterocycles. The number of aromatic nitrogens is 2. The summed E-state index contributed by atoms with van der Waals surface area (Å²) in [6.07, 6.45) is 7.87. The molecule has 0 radical (unpaired) electrons. The number of nitrogens with one attached hydrogen (secondary N) is 1. The van der Waals surface area contributed by atoms with Crippen molar-refractivity contribution in [3.63, 3.8) is 0 Å². The van der Waals surface area contributed by atoms with E-state index >= 15 is 0 Å². The molecule has 3 aromatic carbocycles. The van der Waals surface area contributed by atoms with Gasteiger partial charge in [0.15, 0.2) is 0 Å². The molecule has 6 rings (SSSR count). The van der Waals surface area contributed by atoms with E-state index in [0.717, 1.165) is 47.5 Å². The van der Waals surface area contributed by atoms with Crippen LogP contribution in [0.5, 0.6) is 0 Å². The minimum Gasteiger partial charge on any atom is -0.324 e. The molecule has 0 amide bonds. The first-order valence-electron chi connectivity index (χ1n) is 13.1. The summed E-state index contributed by atoms with van der Waals surface area (Å²) in [7, 11) is 0. The first kappa shape index (κ1) is 24.4. The first-order valence-corrected chi connectivity index (χ1v) is 13.9. The van der Waals surface area contributed by atoms with Gasteiger partial charge in [-0.1, -0.05) is 72.1 Å². The molecular weight excluding hydrogens is 499 g/mol. The smallest absolute Gasteiger partial charge is 0.227 e. The lowest BCUT2D eigenvalue weighted by Crippen LogP contribution is -2.31. The van der Waals surface area contributed by atoms with Gasteiger partial charge < -0.3 is 10.2 Å². The minimum absolute atomic E-state index is 0.178. The fraction of sp³-hybridized carbons (Fsp3) is 0.290. The highest BCUT2D eigenvalue weighted by molar-refractivity contribution is 6.42. The zero-order valence-corrected chi connectivity index (χ0v) is 22.3. The largest absolute Gasteiger partial charge is 0.324 e. The molecule has 1 aliphatic carbocycles. The third-order valence-electron chi connectivity index (χ3n) is 7.57. The van der Waals surface area contributed by atoms with Gasteiger partial charge in [0.1, 0.15) is 0 Å². The van der Waals surface area contributed by atoms with Crippen LogP contribution in [0.3, 0.4) is 0 Å². The Labute approximate surface area is 228 Å². The second-order valence-electron chi connectivity index (χ2n) is 10.1. The molecule has 1 aromatic heterocycles. The maximum atomic E-state index is 6.36. The van der Waals surface area contributed by atoms with E-state index in [1.165, 1.54) is 43.5 Å². The second-order valence-corrected chi connectivity index (χ2v) is 10.9. The molecule has 4 nitrogen and oxygen atoms in total. The Balaban J connectivity index is 1.23. The predicted octanol–water partition coefficient (Wildman–Crippen LogP) is 7.91. The molecule has 0 spiro atoms. The highest BCUT2D eigenvalue weighted by atomic mass is 35.5. The van der Waals surface area contributed by atoms with Gasteiger partial charge in [-0.3, -0.25) is 0 Å². The van der Waals surface area contributed by atoms with E-state index in [0.29, 0.717) is 16.0 Å². The zero-order chi connectivity index (χ0) is 25.2. The summed E-state index contributed by atoms with van der Waals surface area (Å²) in [5.41, 5.74) is 8.02. The minimum atomic E-state index is 0.178. The van der Waals surface area contributed by atoms with Crippen LogP contribution in [0.25, 0.3) is 11.3 Å². The van der Waals surface area contributed by atoms with Crippen molar-refractivity contribution in [3.8, 4) is 11.3 Å². The van der Waals surface area contributed by atoms with Crippen LogP contribution in [-0.4, -0.2) is 34.5 Å². The van der Waals surface area contributed by atoms with Crippen molar-refractivity contribution in [1.29, 1.82) is 0 Å². The molecule has 2 heterocycles. The van der Waals surface area contributed by atoms with Crippen molar-refractivity contribution >= 4 is 34.8 Å².